The molecule has 0 fully saturated rings. The Hall–Kier alpha value is -0.610. The van der Waals surface area contributed by atoms with Gasteiger partial charge in [0.15, 0.2) is 0 Å². The van der Waals surface area contributed by atoms with Crippen molar-refractivity contribution in [3.05, 3.63) is 0 Å². The second kappa shape index (κ2) is 4.42. The van der Waals surface area contributed by atoms with E-state index in [2.05, 4.69) is 5.32 Å². The Kier molecular flexibility index (Phi) is 4.20. The lowest BCUT2D eigenvalue weighted by atomic mass is 10.0. The van der Waals surface area contributed by atoms with Gasteiger partial charge in [-0.25, -0.2) is 0 Å². The van der Waals surface area contributed by atoms with Crippen LogP contribution in [0.1, 0.15) is 27.2 Å². The monoisotopic (exact) mass is 174 g/mol. The summed E-state index contributed by atoms with van der Waals surface area (Å²) in [6.07, 6.45) is 0.306. The number of carbonyl (C=O) groups excluding carboxylic acids is 1. The molecule has 1 unspecified atom stereocenters. The van der Waals surface area contributed by atoms with Gasteiger partial charge in [-0.15, -0.1) is 0 Å². The molecule has 0 aliphatic carbocycles. The predicted octanol–water partition coefficient (Wildman–Crippen LogP) is -0.389. The smallest absolute Gasteiger partial charge is 0.218 e. The molecule has 1 amide bonds. The van der Waals surface area contributed by atoms with Crippen LogP contribution in [-0.2, 0) is 4.79 Å². The zero-order chi connectivity index (χ0) is 9.78. The third-order valence-electron chi connectivity index (χ3n) is 1.88. The molecule has 0 aromatic heterocycles. The zero-order valence-corrected chi connectivity index (χ0v) is 7.92. The topological polar surface area (TPSA) is 75.3 Å². The molecule has 4 N–H and O–H groups in total. The van der Waals surface area contributed by atoms with Gasteiger partial charge in [0.1, 0.15) is 0 Å². The van der Waals surface area contributed by atoms with Gasteiger partial charge in [0.25, 0.3) is 0 Å². The Labute approximate surface area is 73.1 Å². The van der Waals surface area contributed by atoms with Gasteiger partial charge in [0.2, 0.25) is 5.91 Å². The number of nitrogens with one attached hydrogen (secondary N) is 1. The maximum atomic E-state index is 10.4. The summed E-state index contributed by atoms with van der Waals surface area (Å²) in [5, 5.41) is 12.5. The maximum absolute atomic E-state index is 10.4. The summed E-state index contributed by atoms with van der Waals surface area (Å²) in [6, 6.07) is -0.0446. The van der Waals surface area contributed by atoms with Crippen molar-refractivity contribution < 1.29 is 9.90 Å². The molecule has 0 radical (unpaired) electrons. The van der Waals surface area contributed by atoms with Crippen LogP contribution in [0.4, 0.5) is 0 Å². The molecule has 72 valence electrons. The van der Waals surface area contributed by atoms with Crippen LogP contribution in [0.25, 0.3) is 0 Å². The van der Waals surface area contributed by atoms with E-state index in [-0.39, 0.29) is 11.9 Å². The van der Waals surface area contributed by atoms with Crippen molar-refractivity contribution in [2.24, 2.45) is 5.73 Å². The lowest BCUT2D eigenvalue weighted by molar-refractivity contribution is -0.118. The normalized spacial score (nSPS) is 14.3. The fraction of sp³-hybridized carbons (Fsp3) is 0.875. The second-order valence-electron chi connectivity index (χ2n) is 3.55. The highest BCUT2D eigenvalue weighted by molar-refractivity contribution is 5.73. The van der Waals surface area contributed by atoms with E-state index in [9.17, 15) is 9.90 Å². The van der Waals surface area contributed by atoms with E-state index in [4.69, 9.17) is 5.73 Å². The first kappa shape index (κ1) is 11.4. The van der Waals surface area contributed by atoms with E-state index >= 15 is 0 Å². The van der Waals surface area contributed by atoms with E-state index in [1.807, 2.05) is 6.92 Å². The predicted molar refractivity (Wildman–Crippen MR) is 47.6 cm³/mol. The van der Waals surface area contributed by atoms with Gasteiger partial charge in [-0.1, -0.05) is 0 Å². The molecule has 0 saturated carbocycles. The molecule has 12 heavy (non-hydrogen) atoms. The standard InChI is InChI=1S/C8H18N2O2/c1-6(8(2,3)12)10-5-4-7(9)11/h6,10,12H,4-5H2,1-3H3,(H2,9,11). The summed E-state index contributed by atoms with van der Waals surface area (Å²) < 4.78 is 0. The summed E-state index contributed by atoms with van der Waals surface area (Å²) in [4.78, 5) is 10.4. The molecule has 0 aromatic carbocycles. The van der Waals surface area contributed by atoms with Gasteiger partial charge in [-0.3, -0.25) is 4.79 Å². The second-order valence-corrected chi connectivity index (χ2v) is 3.55. The van der Waals surface area contributed by atoms with Crippen molar-refractivity contribution in [3.63, 3.8) is 0 Å². The lowest BCUT2D eigenvalue weighted by Gasteiger charge is -2.26. The van der Waals surface area contributed by atoms with Crippen LogP contribution in [0.2, 0.25) is 0 Å². The first-order valence-corrected chi connectivity index (χ1v) is 4.08. The first-order chi connectivity index (χ1) is 5.34. The molecule has 0 aromatic rings. The van der Waals surface area contributed by atoms with Crippen LogP contribution in [0, 0.1) is 0 Å². The van der Waals surface area contributed by atoms with Crippen molar-refractivity contribution in [1.29, 1.82) is 0 Å². The molecule has 0 heterocycles. The van der Waals surface area contributed by atoms with Gasteiger partial charge in [0, 0.05) is 19.0 Å². The quantitative estimate of drug-likeness (QED) is 0.531. The summed E-state index contributed by atoms with van der Waals surface area (Å²) in [5.74, 6) is -0.328. The zero-order valence-electron chi connectivity index (χ0n) is 7.92. The molecule has 0 saturated heterocycles. The number of carbonyl (C=O) groups is 1. The average Bonchev–Trinajstić information content (AvgIpc) is 1.84. The van der Waals surface area contributed by atoms with Crippen molar-refractivity contribution >= 4 is 5.91 Å². The molecular weight excluding hydrogens is 156 g/mol. The number of rotatable bonds is 5. The Morgan fingerprint density at radius 1 is 1.67 bits per heavy atom. The van der Waals surface area contributed by atoms with Crippen molar-refractivity contribution in [2.45, 2.75) is 38.8 Å². The minimum Gasteiger partial charge on any atom is -0.389 e. The third-order valence-corrected chi connectivity index (χ3v) is 1.88. The van der Waals surface area contributed by atoms with Crippen LogP contribution in [0.15, 0.2) is 0 Å². The van der Waals surface area contributed by atoms with Crippen LogP contribution in [0.3, 0.4) is 0 Å². The molecule has 0 aliphatic rings. The van der Waals surface area contributed by atoms with E-state index in [1.165, 1.54) is 0 Å². The van der Waals surface area contributed by atoms with E-state index in [0.717, 1.165) is 0 Å². The highest BCUT2D eigenvalue weighted by Gasteiger charge is 2.21. The fourth-order valence-corrected chi connectivity index (χ4v) is 0.662. The summed E-state index contributed by atoms with van der Waals surface area (Å²) in [6.45, 7) is 5.81. The van der Waals surface area contributed by atoms with Gasteiger partial charge in [0.05, 0.1) is 5.60 Å². The molecular formula is C8H18N2O2. The number of amides is 1. The molecule has 0 rings (SSSR count). The molecule has 4 nitrogen and oxygen atoms in total. The SMILES string of the molecule is CC(NCCC(N)=O)C(C)(C)O. The van der Waals surface area contributed by atoms with Gasteiger partial charge < -0.3 is 16.2 Å². The van der Waals surface area contributed by atoms with Gasteiger partial charge in [-0.2, -0.15) is 0 Å². The van der Waals surface area contributed by atoms with Crippen LogP contribution in [-0.4, -0.2) is 29.2 Å². The largest absolute Gasteiger partial charge is 0.389 e. The Morgan fingerprint density at radius 2 is 2.17 bits per heavy atom. The van der Waals surface area contributed by atoms with Crippen LogP contribution < -0.4 is 11.1 Å². The Morgan fingerprint density at radius 3 is 2.50 bits per heavy atom. The number of nitrogens with two attached hydrogens (primary N) is 1. The van der Waals surface area contributed by atoms with Crippen molar-refractivity contribution in [3.8, 4) is 0 Å². The van der Waals surface area contributed by atoms with Gasteiger partial charge in [-0.05, 0) is 20.8 Å². The van der Waals surface area contributed by atoms with Crippen LogP contribution in [0.5, 0.6) is 0 Å². The highest BCUT2D eigenvalue weighted by atomic mass is 16.3. The molecule has 1 atom stereocenters. The van der Waals surface area contributed by atoms with E-state index in [1.54, 1.807) is 13.8 Å². The lowest BCUT2D eigenvalue weighted by Crippen LogP contribution is -2.45. The van der Waals surface area contributed by atoms with E-state index < -0.39 is 5.60 Å². The molecule has 0 aliphatic heterocycles. The third kappa shape index (κ3) is 5.09. The molecule has 4 heteroatoms. The molecule has 0 bridgehead atoms. The van der Waals surface area contributed by atoms with Crippen LogP contribution >= 0.6 is 0 Å². The maximum Gasteiger partial charge on any atom is 0.218 e. The van der Waals surface area contributed by atoms with Gasteiger partial charge >= 0.3 is 0 Å². The molecule has 0 spiro atoms. The van der Waals surface area contributed by atoms with E-state index in [0.29, 0.717) is 13.0 Å². The average molecular weight is 174 g/mol. The summed E-state index contributed by atoms with van der Waals surface area (Å²) >= 11 is 0. The fourth-order valence-electron chi connectivity index (χ4n) is 0.662. The van der Waals surface area contributed by atoms with Crippen molar-refractivity contribution in [2.75, 3.05) is 6.54 Å². The number of primary amides is 1. The van der Waals surface area contributed by atoms with Crippen molar-refractivity contribution in [1.82, 2.24) is 5.32 Å². The minimum atomic E-state index is -0.766. The first-order valence-electron chi connectivity index (χ1n) is 4.08. The minimum absolute atomic E-state index is 0.0446. The number of aliphatic hydroxyl groups is 1. The summed E-state index contributed by atoms with van der Waals surface area (Å²) in [5.41, 5.74) is 4.18. The number of hydrogen-bond donors (Lipinski definition) is 3. The Balaban J connectivity index is 3.58. The summed E-state index contributed by atoms with van der Waals surface area (Å²) in [7, 11) is 0. The highest BCUT2D eigenvalue weighted by Crippen LogP contribution is 2.06. The Bertz CT molecular complexity index is 152. The number of hydrogen-bond acceptors (Lipinski definition) is 3.